The quantitative estimate of drug-likeness (QED) is 0.847. The molecule has 0 bridgehead atoms. The molecular weight excluding hydrogens is 281 g/mol. The van der Waals surface area contributed by atoms with Gasteiger partial charge in [0.25, 0.3) is 5.91 Å². The smallest absolute Gasteiger partial charge is 0.257 e. The molecule has 0 aromatic heterocycles. The van der Waals surface area contributed by atoms with E-state index in [0.717, 1.165) is 5.56 Å². The van der Waals surface area contributed by atoms with E-state index >= 15 is 0 Å². The van der Waals surface area contributed by atoms with E-state index in [2.05, 4.69) is 10.6 Å². The largest absolute Gasteiger partial charge is 0.387 e. The Morgan fingerprint density at radius 1 is 0.952 bits per heavy atom. The molecule has 2 N–H and O–H groups in total. The third kappa shape index (κ3) is 3.16. The zero-order valence-corrected chi connectivity index (χ0v) is 11.4. The van der Waals surface area contributed by atoms with Gasteiger partial charge < -0.3 is 10.6 Å². The van der Waals surface area contributed by atoms with Crippen LogP contribution in [0, 0.1) is 24.4 Å². The number of carbonyl (C=O) groups is 1. The maximum Gasteiger partial charge on any atom is 0.257 e. The number of aryl methyl sites for hydroxylation is 1. The van der Waals surface area contributed by atoms with Crippen molar-refractivity contribution in [1.29, 1.82) is 0 Å². The fourth-order valence-electron chi connectivity index (χ4n) is 1.87. The number of hydrogen-bond acceptors (Lipinski definition) is 2. The van der Waals surface area contributed by atoms with Crippen LogP contribution in [0.4, 0.5) is 24.5 Å². The van der Waals surface area contributed by atoms with E-state index in [1.54, 1.807) is 25.2 Å². The maximum atomic E-state index is 13.5. The Labute approximate surface area is 119 Å². The second kappa shape index (κ2) is 5.87. The van der Waals surface area contributed by atoms with E-state index in [1.807, 2.05) is 6.92 Å². The summed E-state index contributed by atoms with van der Waals surface area (Å²) in [5.41, 5.74) is 1.35. The minimum absolute atomic E-state index is 0.271. The number of hydrogen-bond donors (Lipinski definition) is 2. The first-order valence-electron chi connectivity index (χ1n) is 6.16. The average Bonchev–Trinajstić information content (AvgIpc) is 2.44. The summed E-state index contributed by atoms with van der Waals surface area (Å²) in [5, 5.41) is 5.08. The number of anilines is 2. The van der Waals surface area contributed by atoms with Gasteiger partial charge in [0.05, 0.1) is 11.3 Å². The van der Waals surface area contributed by atoms with Gasteiger partial charge in [0.1, 0.15) is 5.82 Å². The van der Waals surface area contributed by atoms with Crippen molar-refractivity contribution in [3.8, 4) is 0 Å². The first kappa shape index (κ1) is 14.9. The SMILES string of the molecule is CNc1cc(C)ccc1C(=O)Nc1cc(F)c(F)cc1F. The molecule has 0 aliphatic rings. The van der Waals surface area contributed by atoms with Gasteiger partial charge in [0.2, 0.25) is 0 Å². The number of rotatable bonds is 3. The molecule has 0 unspecified atom stereocenters. The maximum absolute atomic E-state index is 13.5. The third-order valence-electron chi connectivity index (χ3n) is 2.95. The number of carbonyl (C=O) groups excluding carboxylic acids is 1. The highest BCUT2D eigenvalue weighted by molar-refractivity contribution is 6.08. The molecule has 0 radical (unpaired) electrons. The van der Waals surface area contributed by atoms with Gasteiger partial charge in [-0.15, -0.1) is 0 Å². The van der Waals surface area contributed by atoms with Gasteiger partial charge in [-0.3, -0.25) is 4.79 Å². The Bertz CT molecular complexity index is 702. The van der Waals surface area contributed by atoms with Crippen molar-refractivity contribution in [2.75, 3.05) is 17.7 Å². The Hall–Kier alpha value is -2.50. The van der Waals surface area contributed by atoms with E-state index in [9.17, 15) is 18.0 Å². The Morgan fingerprint density at radius 3 is 2.29 bits per heavy atom. The molecule has 0 atom stereocenters. The summed E-state index contributed by atoms with van der Waals surface area (Å²) < 4.78 is 39.5. The standard InChI is InChI=1S/C15H13F3N2O/c1-8-3-4-9(13(5-8)19-2)15(21)20-14-7-11(17)10(16)6-12(14)18/h3-7,19H,1-2H3,(H,20,21). The van der Waals surface area contributed by atoms with Crippen LogP contribution in [0.2, 0.25) is 0 Å². The monoisotopic (exact) mass is 294 g/mol. The molecule has 0 saturated heterocycles. The predicted molar refractivity (Wildman–Crippen MR) is 75.0 cm³/mol. The highest BCUT2D eigenvalue weighted by Gasteiger charge is 2.15. The third-order valence-corrected chi connectivity index (χ3v) is 2.95. The molecule has 2 aromatic rings. The van der Waals surface area contributed by atoms with Crippen LogP contribution >= 0.6 is 0 Å². The van der Waals surface area contributed by atoms with Crippen LogP contribution in [0.15, 0.2) is 30.3 Å². The molecule has 0 spiro atoms. The molecule has 3 nitrogen and oxygen atoms in total. The molecule has 6 heteroatoms. The van der Waals surface area contributed by atoms with Crippen molar-refractivity contribution in [2.24, 2.45) is 0 Å². The van der Waals surface area contributed by atoms with Gasteiger partial charge in [-0.1, -0.05) is 6.07 Å². The lowest BCUT2D eigenvalue weighted by Crippen LogP contribution is -2.15. The molecule has 0 aliphatic carbocycles. The van der Waals surface area contributed by atoms with Crippen molar-refractivity contribution in [3.05, 3.63) is 58.9 Å². The summed E-state index contributed by atoms with van der Waals surface area (Å²) in [7, 11) is 1.64. The Balaban J connectivity index is 2.32. The predicted octanol–water partition coefficient (Wildman–Crippen LogP) is 3.71. The van der Waals surface area contributed by atoms with Crippen molar-refractivity contribution in [3.63, 3.8) is 0 Å². The van der Waals surface area contributed by atoms with Crippen molar-refractivity contribution in [2.45, 2.75) is 6.92 Å². The molecule has 110 valence electrons. The van der Waals surface area contributed by atoms with E-state index in [-0.39, 0.29) is 5.56 Å². The number of benzene rings is 2. The van der Waals surface area contributed by atoms with Crippen LogP contribution in [-0.4, -0.2) is 13.0 Å². The van der Waals surface area contributed by atoms with Crippen molar-refractivity contribution in [1.82, 2.24) is 0 Å². The van der Waals surface area contributed by atoms with Crippen LogP contribution in [0.5, 0.6) is 0 Å². The molecule has 0 aliphatic heterocycles. The second-order valence-electron chi connectivity index (χ2n) is 4.50. The lowest BCUT2D eigenvalue weighted by atomic mass is 10.1. The number of halogens is 3. The Morgan fingerprint density at radius 2 is 1.62 bits per heavy atom. The van der Waals surface area contributed by atoms with E-state index in [0.29, 0.717) is 17.8 Å². The lowest BCUT2D eigenvalue weighted by Gasteiger charge is -2.11. The second-order valence-corrected chi connectivity index (χ2v) is 4.50. The van der Waals surface area contributed by atoms with Crippen molar-refractivity contribution < 1.29 is 18.0 Å². The zero-order chi connectivity index (χ0) is 15.6. The molecule has 0 saturated carbocycles. The lowest BCUT2D eigenvalue weighted by molar-refractivity contribution is 0.102. The molecule has 2 aromatic carbocycles. The highest BCUT2D eigenvalue weighted by atomic mass is 19.2. The van der Waals surface area contributed by atoms with E-state index < -0.39 is 29.0 Å². The fraction of sp³-hybridized carbons (Fsp3) is 0.133. The van der Waals surface area contributed by atoms with Crippen molar-refractivity contribution >= 4 is 17.3 Å². The van der Waals surface area contributed by atoms with Crippen LogP contribution in [0.3, 0.4) is 0 Å². The normalized spacial score (nSPS) is 10.3. The summed E-state index contributed by atoms with van der Waals surface area (Å²) >= 11 is 0. The summed E-state index contributed by atoms with van der Waals surface area (Å²) in [6.45, 7) is 1.86. The molecule has 21 heavy (non-hydrogen) atoms. The summed E-state index contributed by atoms with van der Waals surface area (Å²) in [6.07, 6.45) is 0. The Kier molecular flexibility index (Phi) is 4.16. The van der Waals surface area contributed by atoms with Gasteiger partial charge in [-0.25, -0.2) is 13.2 Å². The molecular formula is C15H13F3N2O. The number of nitrogens with one attached hydrogen (secondary N) is 2. The first-order chi connectivity index (χ1) is 9.92. The van der Waals surface area contributed by atoms with Crippen LogP contribution in [0.25, 0.3) is 0 Å². The van der Waals surface area contributed by atoms with E-state index in [4.69, 9.17) is 0 Å². The van der Waals surface area contributed by atoms with Gasteiger partial charge in [-0.05, 0) is 24.6 Å². The van der Waals surface area contributed by atoms with Crippen LogP contribution in [-0.2, 0) is 0 Å². The molecule has 0 fully saturated rings. The van der Waals surface area contributed by atoms with E-state index in [1.165, 1.54) is 0 Å². The van der Waals surface area contributed by atoms with Gasteiger partial charge in [0, 0.05) is 24.9 Å². The van der Waals surface area contributed by atoms with Gasteiger partial charge >= 0.3 is 0 Å². The molecule has 1 amide bonds. The highest BCUT2D eigenvalue weighted by Crippen LogP contribution is 2.22. The average molecular weight is 294 g/mol. The summed E-state index contributed by atoms with van der Waals surface area (Å²) in [4.78, 5) is 12.1. The van der Waals surface area contributed by atoms with Gasteiger partial charge in [0.15, 0.2) is 11.6 Å². The minimum atomic E-state index is -1.31. The molecule has 0 heterocycles. The topological polar surface area (TPSA) is 41.1 Å². The fourth-order valence-corrected chi connectivity index (χ4v) is 1.87. The number of amides is 1. The van der Waals surface area contributed by atoms with Crippen LogP contribution < -0.4 is 10.6 Å². The van der Waals surface area contributed by atoms with Crippen LogP contribution in [0.1, 0.15) is 15.9 Å². The minimum Gasteiger partial charge on any atom is -0.387 e. The first-order valence-corrected chi connectivity index (χ1v) is 6.16. The molecule has 2 rings (SSSR count). The summed E-state index contributed by atoms with van der Waals surface area (Å²) in [5.74, 6) is -4.20. The zero-order valence-electron chi connectivity index (χ0n) is 11.4. The summed E-state index contributed by atoms with van der Waals surface area (Å²) in [6, 6.07) is 6.02. The van der Waals surface area contributed by atoms with Gasteiger partial charge in [-0.2, -0.15) is 0 Å².